The fourth-order valence-corrected chi connectivity index (χ4v) is 2.69. The Morgan fingerprint density at radius 1 is 0.842 bits per heavy atom. The Morgan fingerprint density at radius 3 is 2.00 bits per heavy atom. The largest absolute Gasteiger partial charge is 0.113 e. The lowest BCUT2D eigenvalue weighted by Gasteiger charge is -2.14. The van der Waals surface area contributed by atoms with E-state index in [0.29, 0.717) is 0 Å². The zero-order chi connectivity index (χ0) is 13.8. The van der Waals surface area contributed by atoms with Gasteiger partial charge in [-0.15, -0.1) is 11.6 Å². The predicted molar refractivity (Wildman–Crippen MR) is 84.1 cm³/mol. The summed E-state index contributed by atoms with van der Waals surface area (Å²) >= 11 is 6.61. The lowest BCUT2D eigenvalue weighted by atomic mass is 9.96. The normalized spacial score (nSPS) is 12.4. The van der Waals surface area contributed by atoms with Crippen molar-refractivity contribution >= 4 is 11.6 Å². The minimum Gasteiger partial charge on any atom is -0.113 e. The minimum atomic E-state index is -0.0585. The van der Waals surface area contributed by atoms with Crippen LogP contribution in [0.5, 0.6) is 0 Å². The Bertz CT molecular complexity index is 540. The molecule has 0 amide bonds. The highest BCUT2D eigenvalue weighted by molar-refractivity contribution is 6.22. The summed E-state index contributed by atoms with van der Waals surface area (Å²) in [6, 6.07) is 15.1. The van der Waals surface area contributed by atoms with E-state index in [1.54, 1.807) is 0 Å². The molecule has 0 aliphatic carbocycles. The molecule has 0 saturated carbocycles. The van der Waals surface area contributed by atoms with Gasteiger partial charge in [-0.2, -0.15) is 0 Å². The van der Waals surface area contributed by atoms with Crippen LogP contribution in [0.2, 0.25) is 0 Å². The van der Waals surface area contributed by atoms with E-state index in [2.05, 4.69) is 63.2 Å². The van der Waals surface area contributed by atoms with Crippen LogP contribution in [0.4, 0.5) is 0 Å². The van der Waals surface area contributed by atoms with Crippen LogP contribution < -0.4 is 0 Å². The monoisotopic (exact) mass is 272 g/mol. The number of hydrogen-bond donors (Lipinski definition) is 0. The van der Waals surface area contributed by atoms with E-state index in [-0.39, 0.29) is 5.38 Å². The standard InChI is InChI=1S/C18H21Cl/c1-4-14-10-11-17(12-15(14)5-2)18(19)16-8-6-13(3)7-9-16/h6-12,18H,4-5H2,1-3H3. The van der Waals surface area contributed by atoms with Gasteiger partial charge < -0.3 is 0 Å². The highest BCUT2D eigenvalue weighted by Gasteiger charge is 2.12. The first kappa shape index (κ1) is 14.1. The second kappa shape index (κ2) is 6.25. The summed E-state index contributed by atoms with van der Waals surface area (Å²) in [5, 5.41) is -0.0585. The molecule has 0 saturated heterocycles. The van der Waals surface area contributed by atoms with Gasteiger partial charge in [-0.3, -0.25) is 0 Å². The van der Waals surface area contributed by atoms with Crippen molar-refractivity contribution in [3.63, 3.8) is 0 Å². The maximum atomic E-state index is 6.61. The third kappa shape index (κ3) is 3.19. The van der Waals surface area contributed by atoms with Crippen molar-refractivity contribution in [2.45, 2.75) is 39.0 Å². The van der Waals surface area contributed by atoms with Gasteiger partial charge in [-0.05, 0) is 42.0 Å². The number of hydrogen-bond acceptors (Lipinski definition) is 0. The first-order valence-electron chi connectivity index (χ1n) is 6.98. The van der Waals surface area contributed by atoms with Crippen LogP contribution in [0.3, 0.4) is 0 Å². The third-order valence-corrected chi connectivity index (χ3v) is 4.16. The third-order valence-electron chi connectivity index (χ3n) is 3.65. The van der Waals surface area contributed by atoms with Gasteiger partial charge in [-0.1, -0.05) is 61.9 Å². The van der Waals surface area contributed by atoms with Crippen molar-refractivity contribution in [2.24, 2.45) is 0 Å². The SMILES string of the molecule is CCc1ccc(C(Cl)c2ccc(C)cc2)cc1CC. The van der Waals surface area contributed by atoms with Gasteiger partial charge in [0.1, 0.15) is 0 Å². The molecular formula is C18H21Cl. The first-order valence-corrected chi connectivity index (χ1v) is 7.41. The van der Waals surface area contributed by atoms with Crippen molar-refractivity contribution in [3.8, 4) is 0 Å². The summed E-state index contributed by atoms with van der Waals surface area (Å²) in [6.07, 6.45) is 2.15. The smallest absolute Gasteiger partial charge is 0.0835 e. The maximum absolute atomic E-state index is 6.61. The molecule has 1 heteroatoms. The van der Waals surface area contributed by atoms with Crippen molar-refractivity contribution in [1.82, 2.24) is 0 Å². The van der Waals surface area contributed by atoms with E-state index in [9.17, 15) is 0 Å². The van der Waals surface area contributed by atoms with Gasteiger partial charge in [-0.25, -0.2) is 0 Å². The van der Waals surface area contributed by atoms with Crippen molar-refractivity contribution < 1.29 is 0 Å². The Hall–Kier alpha value is -1.27. The van der Waals surface area contributed by atoms with Crippen LogP contribution >= 0.6 is 11.6 Å². The Balaban J connectivity index is 2.33. The topological polar surface area (TPSA) is 0 Å². The molecule has 0 spiro atoms. The van der Waals surface area contributed by atoms with Crippen LogP contribution in [0.25, 0.3) is 0 Å². The maximum Gasteiger partial charge on any atom is 0.0835 e. The summed E-state index contributed by atoms with van der Waals surface area (Å²) in [5.74, 6) is 0. The fraction of sp³-hybridized carbons (Fsp3) is 0.333. The van der Waals surface area contributed by atoms with Crippen LogP contribution in [0, 0.1) is 6.92 Å². The predicted octanol–water partition coefficient (Wildman–Crippen LogP) is 5.45. The van der Waals surface area contributed by atoms with Gasteiger partial charge in [0.05, 0.1) is 5.38 Å². The van der Waals surface area contributed by atoms with E-state index in [4.69, 9.17) is 11.6 Å². The molecule has 100 valence electrons. The Morgan fingerprint density at radius 2 is 1.42 bits per heavy atom. The van der Waals surface area contributed by atoms with Gasteiger partial charge in [0.15, 0.2) is 0 Å². The lowest BCUT2D eigenvalue weighted by Crippen LogP contribution is -1.98. The minimum absolute atomic E-state index is 0.0585. The van der Waals surface area contributed by atoms with Crippen molar-refractivity contribution in [2.75, 3.05) is 0 Å². The summed E-state index contributed by atoms with van der Waals surface area (Å²) in [4.78, 5) is 0. The van der Waals surface area contributed by atoms with Gasteiger partial charge in [0.2, 0.25) is 0 Å². The number of aryl methyl sites for hydroxylation is 3. The average molecular weight is 273 g/mol. The molecule has 0 aliphatic rings. The zero-order valence-corrected chi connectivity index (χ0v) is 12.7. The number of benzene rings is 2. The van der Waals surface area contributed by atoms with Crippen molar-refractivity contribution in [3.05, 3.63) is 70.3 Å². The molecule has 19 heavy (non-hydrogen) atoms. The second-order valence-corrected chi connectivity index (χ2v) is 5.44. The van der Waals surface area contributed by atoms with Gasteiger partial charge >= 0.3 is 0 Å². The molecule has 0 N–H and O–H groups in total. The van der Waals surface area contributed by atoms with Crippen LogP contribution in [-0.2, 0) is 12.8 Å². The summed E-state index contributed by atoms with van der Waals surface area (Å²) in [7, 11) is 0. The summed E-state index contributed by atoms with van der Waals surface area (Å²) in [5.41, 5.74) is 6.47. The molecule has 0 aliphatic heterocycles. The fourth-order valence-electron chi connectivity index (χ4n) is 2.41. The van der Waals surface area contributed by atoms with E-state index < -0.39 is 0 Å². The second-order valence-electron chi connectivity index (χ2n) is 5.01. The molecular weight excluding hydrogens is 252 g/mol. The molecule has 0 aromatic heterocycles. The average Bonchev–Trinajstić information content (AvgIpc) is 2.46. The Labute approximate surface area is 121 Å². The van der Waals surface area contributed by atoms with Crippen LogP contribution in [-0.4, -0.2) is 0 Å². The molecule has 2 aromatic rings. The molecule has 2 aromatic carbocycles. The van der Waals surface area contributed by atoms with Crippen molar-refractivity contribution in [1.29, 1.82) is 0 Å². The number of rotatable bonds is 4. The lowest BCUT2D eigenvalue weighted by molar-refractivity contribution is 1.02. The van der Waals surface area contributed by atoms with E-state index in [0.717, 1.165) is 12.8 Å². The highest BCUT2D eigenvalue weighted by Crippen LogP contribution is 2.30. The highest BCUT2D eigenvalue weighted by atomic mass is 35.5. The zero-order valence-electron chi connectivity index (χ0n) is 11.9. The summed E-state index contributed by atoms with van der Waals surface area (Å²) < 4.78 is 0. The summed E-state index contributed by atoms with van der Waals surface area (Å²) in [6.45, 7) is 6.50. The first-order chi connectivity index (χ1) is 9.15. The van der Waals surface area contributed by atoms with Gasteiger partial charge in [0, 0.05) is 0 Å². The van der Waals surface area contributed by atoms with E-state index >= 15 is 0 Å². The number of alkyl halides is 1. The molecule has 0 nitrogen and oxygen atoms in total. The molecule has 1 atom stereocenters. The van der Waals surface area contributed by atoms with E-state index in [1.807, 2.05) is 0 Å². The molecule has 0 fully saturated rings. The quantitative estimate of drug-likeness (QED) is 0.650. The van der Waals surface area contributed by atoms with Gasteiger partial charge in [0.25, 0.3) is 0 Å². The molecule has 0 heterocycles. The van der Waals surface area contributed by atoms with Crippen LogP contribution in [0.15, 0.2) is 42.5 Å². The number of halogens is 1. The Kier molecular flexibility index (Phi) is 4.66. The van der Waals surface area contributed by atoms with E-state index in [1.165, 1.54) is 27.8 Å². The van der Waals surface area contributed by atoms with Crippen LogP contribution in [0.1, 0.15) is 47.0 Å². The molecule has 0 radical (unpaired) electrons. The molecule has 2 rings (SSSR count). The molecule has 1 unspecified atom stereocenters. The molecule has 0 bridgehead atoms.